The maximum Gasteiger partial charge on any atom is 0.162 e. The number of nitrogen functional groups attached to an aromatic ring is 1. The summed E-state index contributed by atoms with van der Waals surface area (Å²) in [5.41, 5.74) is 6.66. The number of rotatable bonds is 3. The summed E-state index contributed by atoms with van der Waals surface area (Å²) in [4.78, 5) is 11.4. The first-order chi connectivity index (χ1) is 8.56. The number of ether oxygens (including phenoxy) is 1. The van der Waals surface area contributed by atoms with Gasteiger partial charge in [-0.25, -0.2) is 0 Å². The molecule has 0 aliphatic rings. The van der Waals surface area contributed by atoms with E-state index in [1.54, 1.807) is 18.2 Å². The van der Waals surface area contributed by atoms with Crippen LogP contribution in [0.25, 0.3) is 0 Å². The van der Waals surface area contributed by atoms with Crippen LogP contribution in [0.4, 0.5) is 5.69 Å². The van der Waals surface area contributed by atoms with Gasteiger partial charge in [-0.2, -0.15) is 0 Å². The second kappa shape index (κ2) is 5.23. The Morgan fingerprint density at radius 2 is 1.72 bits per heavy atom. The molecule has 0 spiro atoms. The van der Waals surface area contributed by atoms with Gasteiger partial charge in [0.15, 0.2) is 5.78 Å². The van der Waals surface area contributed by atoms with Crippen molar-refractivity contribution >= 4 is 27.4 Å². The molecule has 0 radical (unpaired) electrons. The van der Waals surface area contributed by atoms with Crippen molar-refractivity contribution in [1.29, 1.82) is 0 Å². The van der Waals surface area contributed by atoms with E-state index < -0.39 is 0 Å². The van der Waals surface area contributed by atoms with Crippen molar-refractivity contribution in [3.05, 3.63) is 52.5 Å². The fraction of sp³-hybridized carbons (Fsp3) is 0.0714. The molecule has 4 heteroatoms. The lowest BCUT2D eigenvalue weighted by Gasteiger charge is -2.08. The molecule has 0 aliphatic carbocycles. The van der Waals surface area contributed by atoms with E-state index in [1.807, 2.05) is 24.3 Å². The quantitative estimate of drug-likeness (QED) is 0.688. The van der Waals surface area contributed by atoms with Crippen molar-refractivity contribution in [3.8, 4) is 11.5 Å². The Balaban J connectivity index is 2.27. The number of Topliss-reactive ketones (excluding diaryl/α,β-unsaturated/α-hetero) is 1. The highest BCUT2D eigenvalue weighted by Gasteiger charge is 2.07. The van der Waals surface area contributed by atoms with Crippen molar-refractivity contribution in [2.75, 3.05) is 5.73 Å². The van der Waals surface area contributed by atoms with Crippen LogP contribution >= 0.6 is 15.9 Å². The fourth-order valence-corrected chi connectivity index (χ4v) is 1.81. The second-order valence-corrected chi connectivity index (χ2v) is 4.78. The molecular weight excluding hydrogens is 294 g/mol. The number of nitrogens with two attached hydrogens (primary N) is 1. The molecule has 0 unspecified atom stereocenters. The Bertz CT molecular complexity index is 579. The molecule has 0 aliphatic heterocycles. The van der Waals surface area contributed by atoms with Gasteiger partial charge in [-0.1, -0.05) is 15.9 Å². The Kier molecular flexibility index (Phi) is 3.67. The van der Waals surface area contributed by atoms with E-state index in [4.69, 9.17) is 10.5 Å². The van der Waals surface area contributed by atoms with Gasteiger partial charge in [-0.3, -0.25) is 4.79 Å². The third kappa shape index (κ3) is 2.90. The lowest BCUT2D eigenvalue weighted by Crippen LogP contribution is -1.99. The van der Waals surface area contributed by atoms with Crippen molar-refractivity contribution in [1.82, 2.24) is 0 Å². The lowest BCUT2D eigenvalue weighted by molar-refractivity contribution is 0.101. The zero-order valence-corrected chi connectivity index (χ0v) is 11.4. The first-order valence-corrected chi connectivity index (χ1v) is 6.19. The molecule has 0 saturated heterocycles. The molecule has 0 amide bonds. The molecule has 0 bridgehead atoms. The number of carbonyl (C=O) groups excluding carboxylic acids is 1. The summed E-state index contributed by atoms with van der Waals surface area (Å²) < 4.78 is 6.63. The highest BCUT2D eigenvalue weighted by atomic mass is 79.9. The molecule has 18 heavy (non-hydrogen) atoms. The first-order valence-electron chi connectivity index (χ1n) is 5.40. The van der Waals surface area contributed by atoms with Crippen LogP contribution in [-0.4, -0.2) is 5.78 Å². The number of anilines is 1. The molecular formula is C14H12BrNO2. The van der Waals surface area contributed by atoms with Crippen LogP contribution in [0.1, 0.15) is 17.3 Å². The van der Waals surface area contributed by atoms with Crippen LogP contribution in [0.2, 0.25) is 0 Å². The highest BCUT2D eigenvalue weighted by Crippen LogP contribution is 2.26. The number of hydrogen-bond acceptors (Lipinski definition) is 3. The first kappa shape index (κ1) is 12.6. The van der Waals surface area contributed by atoms with Crippen LogP contribution in [0.3, 0.4) is 0 Å². The summed E-state index contributed by atoms with van der Waals surface area (Å²) in [5, 5.41) is 0. The minimum atomic E-state index is -0.0752. The molecule has 0 atom stereocenters. The van der Waals surface area contributed by atoms with Crippen LogP contribution in [-0.2, 0) is 0 Å². The van der Waals surface area contributed by atoms with Gasteiger partial charge in [0.05, 0.1) is 0 Å². The zero-order chi connectivity index (χ0) is 13.1. The molecule has 0 saturated carbocycles. The highest BCUT2D eigenvalue weighted by molar-refractivity contribution is 9.10. The number of hydrogen-bond donors (Lipinski definition) is 1. The van der Waals surface area contributed by atoms with E-state index in [1.165, 1.54) is 6.92 Å². The van der Waals surface area contributed by atoms with E-state index in [9.17, 15) is 4.79 Å². The van der Waals surface area contributed by atoms with Gasteiger partial charge in [-0.05, 0) is 49.4 Å². The van der Waals surface area contributed by atoms with Crippen molar-refractivity contribution < 1.29 is 9.53 Å². The number of ketones is 1. The average molecular weight is 306 g/mol. The monoisotopic (exact) mass is 305 g/mol. The van der Waals surface area contributed by atoms with Crippen molar-refractivity contribution in [3.63, 3.8) is 0 Å². The summed E-state index contributed by atoms with van der Waals surface area (Å²) >= 11 is 3.35. The van der Waals surface area contributed by atoms with Crippen LogP contribution in [0.15, 0.2) is 46.9 Å². The van der Waals surface area contributed by atoms with Gasteiger partial charge < -0.3 is 10.5 Å². The van der Waals surface area contributed by atoms with Crippen molar-refractivity contribution in [2.45, 2.75) is 6.92 Å². The van der Waals surface area contributed by atoms with Crippen LogP contribution in [0.5, 0.6) is 11.5 Å². The molecule has 0 fully saturated rings. The number of carbonyl (C=O) groups is 1. The molecule has 2 aromatic carbocycles. The van der Waals surface area contributed by atoms with Crippen LogP contribution in [0, 0.1) is 0 Å². The maximum absolute atomic E-state index is 11.4. The van der Waals surface area contributed by atoms with Gasteiger partial charge >= 0.3 is 0 Å². The maximum atomic E-state index is 11.4. The average Bonchev–Trinajstić information content (AvgIpc) is 2.34. The minimum Gasteiger partial charge on any atom is -0.457 e. The molecule has 0 aromatic heterocycles. The molecule has 2 N–H and O–H groups in total. The Morgan fingerprint density at radius 1 is 1.11 bits per heavy atom. The summed E-state index contributed by atoms with van der Waals surface area (Å²) in [7, 11) is 0. The minimum absolute atomic E-state index is 0.0752. The fourth-order valence-electron chi connectivity index (χ4n) is 1.54. The second-order valence-electron chi connectivity index (χ2n) is 3.86. The van der Waals surface area contributed by atoms with E-state index in [0.717, 1.165) is 4.47 Å². The van der Waals surface area contributed by atoms with E-state index in [0.29, 0.717) is 22.7 Å². The molecule has 2 aromatic rings. The predicted molar refractivity (Wildman–Crippen MR) is 75.1 cm³/mol. The Morgan fingerprint density at radius 3 is 2.33 bits per heavy atom. The van der Waals surface area contributed by atoms with Crippen LogP contribution < -0.4 is 10.5 Å². The number of benzene rings is 2. The smallest absolute Gasteiger partial charge is 0.162 e. The predicted octanol–water partition coefficient (Wildman–Crippen LogP) is 4.03. The molecule has 2 rings (SSSR count). The van der Waals surface area contributed by atoms with Gasteiger partial charge in [-0.15, -0.1) is 0 Å². The SMILES string of the molecule is CC(=O)c1cc(Oc2ccc(Br)cc2)ccc1N. The van der Waals surface area contributed by atoms with E-state index in [2.05, 4.69) is 15.9 Å². The van der Waals surface area contributed by atoms with Gasteiger partial charge in [0.1, 0.15) is 11.5 Å². The zero-order valence-electron chi connectivity index (χ0n) is 9.81. The Labute approximate surface area is 114 Å². The van der Waals surface area contributed by atoms with E-state index >= 15 is 0 Å². The summed E-state index contributed by atoms with van der Waals surface area (Å²) in [6.45, 7) is 1.48. The molecule has 92 valence electrons. The number of halogens is 1. The van der Waals surface area contributed by atoms with E-state index in [-0.39, 0.29) is 5.78 Å². The van der Waals surface area contributed by atoms with Gasteiger partial charge in [0, 0.05) is 15.7 Å². The molecule has 3 nitrogen and oxygen atoms in total. The third-order valence-electron chi connectivity index (χ3n) is 2.45. The lowest BCUT2D eigenvalue weighted by atomic mass is 10.1. The van der Waals surface area contributed by atoms with Crippen molar-refractivity contribution in [2.24, 2.45) is 0 Å². The standard InChI is InChI=1S/C14H12BrNO2/c1-9(17)13-8-12(6-7-14(13)16)18-11-4-2-10(15)3-5-11/h2-8H,16H2,1H3. The summed E-state index contributed by atoms with van der Waals surface area (Å²) in [6.07, 6.45) is 0. The molecule has 0 heterocycles. The normalized spacial score (nSPS) is 10.1. The van der Waals surface area contributed by atoms with Gasteiger partial charge in [0.25, 0.3) is 0 Å². The summed E-state index contributed by atoms with van der Waals surface area (Å²) in [6, 6.07) is 12.5. The largest absolute Gasteiger partial charge is 0.457 e. The third-order valence-corrected chi connectivity index (χ3v) is 2.98. The van der Waals surface area contributed by atoms with Gasteiger partial charge in [0.2, 0.25) is 0 Å². The Hall–Kier alpha value is -1.81. The summed E-state index contributed by atoms with van der Waals surface area (Å²) in [5.74, 6) is 1.22. The topological polar surface area (TPSA) is 52.3 Å².